The molecule has 78 valence electrons. The SMILES string of the molecule is CNC(c1cn(C)nn1)C1CCCC1. The second kappa shape index (κ2) is 4.09. The summed E-state index contributed by atoms with van der Waals surface area (Å²) in [6, 6.07) is 0.395. The fourth-order valence-corrected chi connectivity index (χ4v) is 2.42. The van der Waals surface area contributed by atoms with Crippen LogP contribution in [-0.2, 0) is 7.05 Å². The van der Waals surface area contributed by atoms with Crippen LogP contribution >= 0.6 is 0 Å². The topological polar surface area (TPSA) is 42.7 Å². The van der Waals surface area contributed by atoms with E-state index in [4.69, 9.17) is 0 Å². The first-order valence-corrected chi connectivity index (χ1v) is 5.34. The zero-order chi connectivity index (χ0) is 9.97. The lowest BCUT2D eigenvalue weighted by atomic mass is 9.96. The molecule has 14 heavy (non-hydrogen) atoms. The summed E-state index contributed by atoms with van der Waals surface area (Å²) in [6.45, 7) is 0. The maximum atomic E-state index is 4.18. The summed E-state index contributed by atoms with van der Waals surface area (Å²) >= 11 is 0. The molecule has 1 aromatic heterocycles. The number of hydrogen-bond acceptors (Lipinski definition) is 3. The van der Waals surface area contributed by atoms with Gasteiger partial charge in [0.15, 0.2) is 0 Å². The van der Waals surface area contributed by atoms with Gasteiger partial charge in [0.1, 0.15) is 0 Å². The Morgan fingerprint density at radius 1 is 1.50 bits per heavy atom. The predicted octanol–water partition coefficient (Wildman–Crippen LogP) is 1.27. The minimum Gasteiger partial charge on any atom is -0.311 e. The molecule has 4 nitrogen and oxygen atoms in total. The molecule has 0 aromatic carbocycles. The molecule has 1 aromatic rings. The zero-order valence-electron chi connectivity index (χ0n) is 8.90. The molecule has 0 radical (unpaired) electrons. The average molecular weight is 194 g/mol. The highest BCUT2D eigenvalue weighted by Crippen LogP contribution is 2.34. The van der Waals surface area contributed by atoms with Gasteiger partial charge < -0.3 is 5.32 Å². The van der Waals surface area contributed by atoms with E-state index in [0.717, 1.165) is 11.6 Å². The molecule has 1 saturated carbocycles. The fourth-order valence-electron chi connectivity index (χ4n) is 2.42. The highest BCUT2D eigenvalue weighted by atomic mass is 15.4. The van der Waals surface area contributed by atoms with Crippen molar-refractivity contribution in [2.24, 2.45) is 13.0 Å². The quantitative estimate of drug-likeness (QED) is 0.788. The number of aromatic nitrogens is 3. The highest BCUT2D eigenvalue weighted by molar-refractivity contribution is 5.03. The minimum atomic E-state index is 0.395. The van der Waals surface area contributed by atoms with E-state index in [1.54, 1.807) is 4.68 Å². The molecule has 1 aliphatic rings. The van der Waals surface area contributed by atoms with E-state index in [9.17, 15) is 0 Å². The van der Waals surface area contributed by atoms with E-state index in [1.807, 2.05) is 20.3 Å². The van der Waals surface area contributed by atoms with Crippen molar-refractivity contribution < 1.29 is 0 Å². The molecule has 4 heteroatoms. The smallest absolute Gasteiger partial charge is 0.0998 e. The summed E-state index contributed by atoms with van der Waals surface area (Å²) in [6.07, 6.45) is 7.38. The first kappa shape index (κ1) is 9.65. The second-order valence-corrected chi connectivity index (χ2v) is 4.13. The van der Waals surface area contributed by atoms with Crippen LogP contribution in [0.4, 0.5) is 0 Å². The molecule has 1 fully saturated rings. The predicted molar refractivity (Wildman–Crippen MR) is 54.8 cm³/mol. The molecule has 1 N–H and O–H groups in total. The number of hydrogen-bond donors (Lipinski definition) is 1. The molecule has 0 saturated heterocycles. The number of aryl methyl sites for hydroxylation is 1. The average Bonchev–Trinajstić information content (AvgIpc) is 2.79. The van der Waals surface area contributed by atoms with Gasteiger partial charge in [-0.3, -0.25) is 4.68 Å². The molecule has 0 spiro atoms. The van der Waals surface area contributed by atoms with E-state index in [0.29, 0.717) is 6.04 Å². The van der Waals surface area contributed by atoms with Gasteiger partial charge in [-0.05, 0) is 25.8 Å². The van der Waals surface area contributed by atoms with Crippen LogP contribution in [0, 0.1) is 5.92 Å². The first-order valence-electron chi connectivity index (χ1n) is 5.34. The van der Waals surface area contributed by atoms with Crippen molar-refractivity contribution in [1.82, 2.24) is 20.3 Å². The normalized spacial score (nSPS) is 20.1. The lowest BCUT2D eigenvalue weighted by Crippen LogP contribution is -2.23. The van der Waals surface area contributed by atoms with Crippen molar-refractivity contribution in [3.05, 3.63) is 11.9 Å². The summed E-state index contributed by atoms with van der Waals surface area (Å²) < 4.78 is 1.77. The molecule has 2 rings (SSSR count). The summed E-state index contributed by atoms with van der Waals surface area (Å²) in [5.41, 5.74) is 1.09. The van der Waals surface area contributed by atoms with Gasteiger partial charge in [0, 0.05) is 13.2 Å². The third kappa shape index (κ3) is 1.80. The Balaban J connectivity index is 2.12. The number of nitrogens with one attached hydrogen (secondary N) is 1. The number of rotatable bonds is 3. The Bertz CT molecular complexity index is 288. The monoisotopic (exact) mass is 194 g/mol. The van der Waals surface area contributed by atoms with Crippen molar-refractivity contribution in [2.75, 3.05) is 7.05 Å². The van der Waals surface area contributed by atoms with Crippen LogP contribution in [0.3, 0.4) is 0 Å². The van der Waals surface area contributed by atoms with E-state index >= 15 is 0 Å². The third-order valence-corrected chi connectivity index (χ3v) is 3.12. The summed E-state index contributed by atoms with van der Waals surface area (Å²) in [7, 11) is 3.93. The molecule has 1 aliphatic carbocycles. The van der Waals surface area contributed by atoms with Crippen LogP contribution in [0.25, 0.3) is 0 Å². The number of nitrogens with zero attached hydrogens (tertiary/aromatic N) is 3. The summed E-state index contributed by atoms with van der Waals surface area (Å²) in [5, 5.41) is 11.5. The first-order chi connectivity index (χ1) is 6.81. The van der Waals surface area contributed by atoms with Crippen molar-refractivity contribution >= 4 is 0 Å². The fraction of sp³-hybridized carbons (Fsp3) is 0.800. The van der Waals surface area contributed by atoms with Gasteiger partial charge in [-0.1, -0.05) is 18.1 Å². The van der Waals surface area contributed by atoms with Gasteiger partial charge in [0.05, 0.1) is 11.7 Å². The van der Waals surface area contributed by atoms with E-state index in [-0.39, 0.29) is 0 Å². The molecule has 1 unspecified atom stereocenters. The van der Waals surface area contributed by atoms with E-state index in [2.05, 4.69) is 15.6 Å². The molecule has 0 amide bonds. The molecule has 1 atom stereocenters. The summed E-state index contributed by atoms with van der Waals surface area (Å²) in [5.74, 6) is 0.747. The van der Waals surface area contributed by atoms with Crippen molar-refractivity contribution in [3.63, 3.8) is 0 Å². The minimum absolute atomic E-state index is 0.395. The van der Waals surface area contributed by atoms with Gasteiger partial charge in [-0.25, -0.2) is 0 Å². The highest BCUT2D eigenvalue weighted by Gasteiger charge is 2.26. The molecular weight excluding hydrogens is 176 g/mol. The van der Waals surface area contributed by atoms with Gasteiger partial charge in [0.2, 0.25) is 0 Å². The van der Waals surface area contributed by atoms with Gasteiger partial charge in [-0.15, -0.1) is 5.10 Å². The van der Waals surface area contributed by atoms with Crippen LogP contribution in [0.2, 0.25) is 0 Å². The zero-order valence-corrected chi connectivity index (χ0v) is 8.90. The van der Waals surface area contributed by atoms with Crippen LogP contribution < -0.4 is 5.32 Å². The maximum absolute atomic E-state index is 4.18. The van der Waals surface area contributed by atoms with Crippen molar-refractivity contribution in [3.8, 4) is 0 Å². The third-order valence-electron chi connectivity index (χ3n) is 3.12. The van der Waals surface area contributed by atoms with Crippen molar-refractivity contribution in [1.29, 1.82) is 0 Å². The lowest BCUT2D eigenvalue weighted by Gasteiger charge is -2.20. The van der Waals surface area contributed by atoms with Gasteiger partial charge in [-0.2, -0.15) is 0 Å². The lowest BCUT2D eigenvalue weighted by molar-refractivity contribution is 0.382. The molecule has 1 heterocycles. The van der Waals surface area contributed by atoms with Crippen LogP contribution in [0.1, 0.15) is 37.4 Å². The van der Waals surface area contributed by atoms with Crippen molar-refractivity contribution in [2.45, 2.75) is 31.7 Å². The summed E-state index contributed by atoms with van der Waals surface area (Å²) in [4.78, 5) is 0. The standard InChI is InChI=1S/C10H18N4/c1-11-10(8-5-3-4-6-8)9-7-14(2)13-12-9/h7-8,10-11H,3-6H2,1-2H3. The Morgan fingerprint density at radius 2 is 2.21 bits per heavy atom. The van der Waals surface area contributed by atoms with Crippen LogP contribution in [0.15, 0.2) is 6.20 Å². The maximum Gasteiger partial charge on any atom is 0.0998 e. The Hall–Kier alpha value is -0.900. The molecular formula is C10H18N4. The van der Waals surface area contributed by atoms with Gasteiger partial charge >= 0.3 is 0 Å². The Morgan fingerprint density at radius 3 is 2.71 bits per heavy atom. The van der Waals surface area contributed by atoms with Crippen LogP contribution in [-0.4, -0.2) is 22.0 Å². The van der Waals surface area contributed by atoms with E-state index < -0.39 is 0 Å². The molecule has 0 bridgehead atoms. The largest absolute Gasteiger partial charge is 0.311 e. The molecule has 0 aliphatic heterocycles. The van der Waals surface area contributed by atoms with Gasteiger partial charge in [0.25, 0.3) is 0 Å². The van der Waals surface area contributed by atoms with E-state index in [1.165, 1.54) is 25.7 Å². The Kier molecular flexibility index (Phi) is 2.82. The second-order valence-electron chi connectivity index (χ2n) is 4.13. The van der Waals surface area contributed by atoms with Crippen LogP contribution in [0.5, 0.6) is 0 Å². The Labute approximate surface area is 84.7 Å².